The SMILES string of the molecule is CC(C)(C)OC(=O)NS(=O)(=O)NCC1CCC1. The number of rotatable bonds is 4. The first-order valence-corrected chi connectivity index (χ1v) is 7.17. The Balaban J connectivity index is 2.34. The van der Waals surface area contributed by atoms with Gasteiger partial charge in [-0.25, -0.2) is 9.52 Å². The minimum Gasteiger partial charge on any atom is -0.443 e. The third-order valence-electron chi connectivity index (χ3n) is 2.40. The minimum absolute atomic E-state index is 0.373. The van der Waals surface area contributed by atoms with Crippen molar-refractivity contribution in [2.75, 3.05) is 6.54 Å². The van der Waals surface area contributed by atoms with E-state index in [4.69, 9.17) is 4.74 Å². The lowest BCUT2D eigenvalue weighted by Crippen LogP contribution is -2.44. The van der Waals surface area contributed by atoms with Gasteiger partial charge in [0.05, 0.1) is 0 Å². The van der Waals surface area contributed by atoms with Gasteiger partial charge in [-0.05, 0) is 39.5 Å². The lowest BCUT2D eigenvalue weighted by molar-refractivity contribution is 0.0569. The van der Waals surface area contributed by atoms with Crippen LogP contribution in [0.3, 0.4) is 0 Å². The molecule has 7 heteroatoms. The molecule has 0 aromatic heterocycles. The molecule has 0 unspecified atom stereocenters. The molecule has 0 bridgehead atoms. The number of hydrogen-bond acceptors (Lipinski definition) is 4. The molecule has 0 aromatic carbocycles. The predicted molar refractivity (Wildman–Crippen MR) is 63.6 cm³/mol. The second-order valence-electron chi connectivity index (χ2n) is 5.25. The normalized spacial score (nSPS) is 17.4. The first-order chi connectivity index (χ1) is 7.68. The van der Waals surface area contributed by atoms with Crippen LogP contribution in [0.25, 0.3) is 0 Å². The van der Waals surface area contributed by atoms with E-state index in [0.717, 1.165) is 19.3 Å². The Hall–Kier alpha value is -0.820. The molecule has 1 aliphatic rings. The number of ether oxygens (including phenoxy) is 1. The Labute approximate surface area is 102 Å². The average molecular weight is 264 g/mol. The zero-order valence-electron chi connectivity index (χ0n) is 10.4. The summed E-state index contributed by atoms with van der Waals surface area (Å²) in [5.74, 6) is 0.394. The molecule has 0 aromatic rings. The maximum atomic E-state index is 11.4. The van der Waals surface area contributed by atoms with Crippen LogP contribution in [-0.2, 0) is 14.9 Å². The first-order valence-electron chi connectivity index (χ1n) is 5.68. The van der Waals surface area contributed by atoms with Crippen LogP contribution in [0.2, 0.25) is 0 Å². The molecule has 2 N–H and O–H groups in total. The number of nitrogens with one attached hydrogen (secondary N) is 2. The molecule has 1 aliphatic carbocycles. The van der Waals surface area contributed by atoms with Crippen molar-refractivity contribution in [1.29, 1.82) is 0 Å². The second-order valence-corrected chi connectivity index (χ2v) is 6.75. The highest BCUT2D eigenvalue weighted by Gasteiger charge is 2.23. The van der Waals surface area contributed by atoms with Gasteiger partial charge in [0.2, 0.25) is 0 Å². The molecule has 0 aliphatic heterocycles. The van der Waals surface area contributed by atoms with Crippen LogP contribution in [0.1, 0.15) is 40.0 Å². The van der Waals surface area contributed by atoms with Crippen molar-refractivity contribution in [2.24, 2.45) is 5.92 Å². The van der Waals surface area contributed by atoms with Gasteiger partial charge in [-0.3, -0.25) is 0 Å². The van der Waals surface area contributed by atoms with E-state index < -0.39 is 21.9 Å². The zero-order valence-corrected chi connectivity index (χ0v) is 11.3. The third kappa shape index (κ3) is 5.88. The minimum atomic E-state index is -3.80. The molecule has 1 rings (SSSR count). The molecule has 0 heterocycles. The summed E-state index contributed by atoms with van der Waals surface area (Å²) in [4.78, 5) is 11.3. The standard InChI is InChI=1S/C10H20N2O4S/c1-10(2,3)16-9(13)12-17(14,15)11-7-8-5-4-6-8/h8,11H,4-7H2,1-3H3,(H,12,13). The monoisotopic (exact) mass is 264 g/mol. The fourth-order valence-corrected chi connectivity index (χ4v) is 2.16. The molecular weight excluding hydrogens is 244 g/mol. The van der Waals surface area contributed by atoms with Gasteiger partial charge in [0.15, 0.2) is 0 Å². The summed E-state index contributed by atoms with van der Waals surface area (Å²) < 4.78 is 31.9. The first kappa shape index (κ1) is 14.2. The number of hydrogen-bond donors (Lipinski definition) is 2. The average Bonchev–Trinajstić information content (AvgIpc) is 1.94. The van der Waals surface area contributed by atoms with Crippen LogP contribution in [0.15, 0.2) is 0 Å². The summed E-state index contributed by atoms with van der Waals surface area (Å²) in [6, 6.07) is 0. The topological polar surface area (TPSA) is 84.5 Å². The number of amides is 1. The van der Waals surface area contributed by atoms with E-state index in [9.17, 15) is 13.2 Å². The molecule has 6 nitrogen and oxygen atoms in total. The van der Waals surface area contributed by atoms with Crippen LogP contribution in [0.5, 0.6) is 0 Å². The highest BCUT2D eigenvalue weighted by atomic mass is 32.2. The Morgan fingerprint density at radius 3 is 2.35 bits per heavy atom. The van der Waals surface area contributed by atoms with E-state index in [2.05, 4.69) is 4.72 Å². The van der Waals surface area contributed by atoms with Crippen molar-refractivity contribution < 1.29 is 17.9 Å². The van der Waals surface area contributed by atoms with Gasteiger partial charge >= 0.3 is 16.3 Å². The summed E-state index contributed by atoms with van der Waals surface area (Å²) >= 11 is 0. The highest BCUT2D eigenvalue weighted by Crippen LogP contribution is 2.25. The Morgan fingerprint density at radius 2 is 1.94 bits per heavy atom. The summed E-state index contributed by atoms with van der Waals surface area (Å²) in [6.07, 6.45) is 2.26. The van der Waals surface area contributed by atoms with Crippen molar-refractivity contribution in [2.45, 2.75) is 45.6 Å². The van der Waals surface area contributed by atoms with Gasteiger partial charge in [0, 0.05) is 6.54 Å². The second kappa shape index (κ2) is 5.22. The van der Waals surface area contributed by atoms with E-state index >= 15 is 0 Å². The Kier molecular flexibility index (Phi) is 4.37. The lowest BCUT2D eigenvalue weighted by atomic mass is 9.86. The molecule has 17 heavy (non-hydrogen) atoms. The maximum Gasteiger partial charge on any atom is 0.422 e. The molecule has 1 saturated carbocycles. The fourth-order valence-electron chi connectivity index (χ4n) is 1.37. The van der Waals surface area contributed by atoms with Gasteiger partial charge in [0.25, 0.3) is 0 Å². The van der Waals surface area contributed by atoms with Gasteiger partial charge in [-0.15, -0.1) is 0 Å². The number of carbonyl (C=O) groups excluding carboxylic acids is 1. The molecule has 0 atom stereocenters. The summed E-state index contributed by atoms with van der Waals surface area (Å²) in [7, 11) is -3.80. The highest BCUT2D eigenvalue weighted by molar-refractivity contribution is 7.88. The lowest BCUT2D eigenvalue weighted by Gasteiger charge is -2.25. The molecule has 0 spiro atoms. The zero-order chi connectivity index (χ0) is 13.1. The van der Waals surface area contributed by atoms with Crippen molar-refractivity contribution in [3.05, 3.63) is 0 Å². The molecule has 100 valence electrons. The fraction of sp³-hybridized carbons (Fsp3) is 0.900. The summed E-state index contributed by atoms with van der Waals surface area (Å²) in [6.45, 7) is 5.38. The largest absolute Gasteiger partial charge is 0.443 e. The van der Waals surface area contributed by atoms with Crippen LogP contribution < -0.4 is 9.44 Å². The van der Waals surface area contributed by atoms with Crippen LogP contribution in [-0.4, -0.2) is 26.7 Å². The van der Waals surface area contributed by atoms with Crippen LogP contribution in [0.4, 0.5) is 4.79 Å². The quantitative estimate of drug-likeness (QED) is 0.797. The van der Waals surface area contributed by atoms with Crippen molar-refractivity contribution in [3.8, 4) is 0 Å². The van der Waals surface area contributed by atoms with E-state index in [1.54, 1.807) is 20.8 Å². The Morgan fingerprint density at radius 1 is 1.35 bits per heavy atom. The predicted octanol–water partition coefficient (Wildman–Crippen LogP) is 1.15. The molecule has 0 radical (unpaired) electrons. The molecule has 1 amide bonds. The maximum absolute atomic E-state index is 11.4. The van der Waals surface area contributed by atoms with E-state index in [1.807, 2.05) is 4.72 Å². The Bertz CT molecular complexity index is 368. The van der Waals surface area contributed by atoms with E-state index in [0.29, 0.717) is 12.5 Å². The van der Waals surface area contributed by atoms with Crippen molar-refractivity contribution >= 4 is 16.3 Å². The number of carbonyl (C=O) groups is 1. The molecular formula is C10H20N2O4S. The van der Waals surface area contributed by atoms with Crippen LogP contribution >= 0.6 is 0 Å². The molecule has 1 fully saturated rings. The van der Waals surface area contributed by atoms with Gasteiger partial charge in [-0.2, -0.15) is 13.1 Å². The van der Waals surface area contributed by atoms with E-state index in [-0.39, 0.29) is 0 Å². The van der Waals surface area contributed by atoms with Crippen LogP contribution in [0, 0.1) is 5.92 Å². The van der Waals surface area contributed by atoms with Gasteiger partial charge in [0.1, 0.15) is 5.60 Å². The van der Waals surface area contributed by atoms with Crippen molar-refractivity contribution in [1.82, 2.24) is 9.44 Å². The summed E-state index contributed by atoms with van der Waals surface area (Å²) in [5, 5.41) is 0. The van der Waals surface area contributed by atoms with Gasteiger partial charge < -0.3 is 4.74 Å². The smallest absolute Gasteiger partial charge is 0.422 e. The van der Waals surface area contributed by atoms with Crippen molar-refractivity contribution in [3.63, 3.8) is 0 Å². The third-order valence-corrected chi connectivity index (χ3v) is 3.39. The van der Waals surface area contributed by atoms with E-state index in [1.165, 1.54) is 0 Å². The summed E-state index contributed by atoms with van der Waals surface area (Å²) in [5.41, 5.74) is -0.715. The molecule has 0 saturated heterocycles. The van der Waals surface area contributed by atoms with Gasteiger partial charge in [-0.1, -0.05) is 6.42 Å².